The molecule has 2 rings (SSSR count). The number of aromatic nitrogens is 1. The maximum absolute atomic E-state index is 5.80. The van der Waals surface area contributed by atoms with Gasteiger partial charge in [0.05, 0.1) is 11.6 Å². The van der Waals surface area contributed by atoms with Crippen LogP contribution in [0.2, 0.25) is 0 Å². The minimum atomic E-state index is 0. The first-order valence-corrected chi connectivity index (χ1v) is 9.61. The first-order chi connectivity index (χ1) is 12.2. The van der Waals surface area contributed by atoms with E-state index < -0.39 is 0 Å². The molecule has 0 saturated heterocycles. The van der Waals surface area contributed by atoms with Crippen LogP contribution in [0.1, 0.15) is 28.8 Å². The highest BCUT2D eigenvalue weighted by molar-refractivity contribution is 14.0. The molecule has 2 N–H and O–H groups in total. The Morgan fingerprint density at radius 2 is 2.00 bits per heavy atom. The Balaban J connectivity index is 0.00000338. The van der Waals surface area contributed by atoms with Crippen LogP contribution in [-0.2, 0) is 12.8 Å². The third-order valence-corrected chi connectivity index (χ3v) is 4.97. The number of hydrogen-bond acceptors (Lipinski definition) is 4. The van der Waals surface area contributed by atoms with Crippen LogP contribution < -0.4 is 15.4 Å². The maximum atomic E-state index is 5.80. The molecule has 0 aliphatic heterocycles. The molecule has 0 spiro atoms. The second-order valence-corrected chi connectivity index (χ2v) is 6.92. The largest absolute Gasteiger partial charge is 0.493 e. The van der Waals surface area contributed by atoms with E-state index in [-0.39, 0.29) is 24.0 Å². The number of ether oxygens (including phenoxy) is 1. The highest BCUT2D eigenvalue weighted by Gasteiger charge is 2.02. The highest BCUT2D eigenvalue weighted by Crippen LogP contribution is 2.16. The normalized spacial score (nSPS) is 11.0. The Bertz CT molecular complexity index is 675. The molecule has 2 aromatic rings. The zero-order chi connectivity index (χ0) is 17.9. The van der Waals surface area contributed by atoms with Crippen molar-refractivity contribution in [2.45, 2.75) is 33.1 Å². The van der Waals surface area contributed by atoms with E-state index in [9.17, 15) is 0 Å². The van der Waals surface area contributed by atoms with Gasteiger partial charge < -0.3 is 15.4 Å². The van der Waals surface area contributed by atoms with Crippen LogP contribution in [0.15, 0.2) is 35.5 Å². The number of aryl methyl sites for hydroxylation is 2. The Morgan fingerprint density at radius 3 is 2.69 bits per heavy atom. The van der Waals surface area contributed by atoms with Crippen LogP contribution in [0.5, 0.6) is 5.75 Å². The van der Waals surface area contributed by atoms with Gasteiger partial charge in [-0.15, -0.1) is 35.3 Å². The van der Waals surface area contributed by atoms with E-state index in [4.69, 9.17) is 4.74 Å². The molecule has 0 radical (unpaired) electrons. The Morgan fingerprint density at radius 1 is 1.23 bits per heavy atom. The molecule has 0 amide bonds. The second kappa shape index (κ2) is 12.9. The van der Waals surface area contributed by atoms with E-state index in [1.807, 2.05) is 24.4 Å². The van der Waals surface area contributed by atoms with Gasteiger partial charge in [0.25, 0.3) is 0 Å². The quantitative estimate of drug-likeness (QED) is 0.244. The molecule has 1 aromatic heterocycles. The van der Waals surface area contributed by atoms with E-state index in [1.165, 1.54) is 15.4 Å². The molecule has 0 saturated carbocycles. The zero-order valence-corrected chi connectivity index (χ0v) is 18.9. The minimum absolute atomic E-state index is 0. The lowest BCUT2D eigenvalue weighted by atomic mass is 10.2. The number of rotatable bonds is 9. The highest BCUT2D eigenvalue weighted by atomic mass is 127. The van der Waals surface area contributed by atoms with Crippen molar-refractivity contribution in [1.82, 2.24) is 15.6 Å². The maximum Gasteiger partial charge on any atom is 0.190 e. The van der Waals surface area contributed by atoms with Crippen LogP contribution in [0.3, 0.4) is 0 Å². The number of para-hydroxylation sites is 1. The Hall–Kier alpha value is -1.35. The molecule has 0 aliphatic rings. The second-order valence-electron chi connectivity index (χ2n) is 5.72. The Kier molecular flexibility index (Phi) is 11.3. The van der Waals surface area contributed by atoms with E-state index in [0.29, 0.717) is 6.61 Å². The molecule has 144 valence electrons. The van der Waals surface area contributed by atoms with Crippen LogP contribution in [0, 0.1) is 6.92 Å². The molecule has 5 nitrogen and oxygen atoms in total. The summed E-state index contributed by atoms with van der Waals surface area (Å²) in [7, 11) is 1.79. The van der Waals surface area contributed by atoms with Gasteiger partial charge in [0.2, 0.25) is 0 Å². The molecule has 26 heavy (non-hydrogen) atoms. The van der Waals surface area contributed by atoms with Crippen molar-refractivity contribution in [1.29, 1.82) is 0 Å². The van der Waals surface area contributed by atoms with Gasteiger partial charge in [-0.05, 0) is 31.4 Å². The average Bonchev–Trinajstić information content (AvgIpc) is 3.09. The number of nitrogens with zero attached hydrogens (tertiary/aromatic N) is 2. The number of hydrogen-bond donors (Lipinski definition) is 2. The first kappa shape index (κ1) is 22.7. The van der Waals surface area contributed by atoms with Crippen molar-refractivity contribution in [3.63, 3.8) is 0 Å². The fourth-order valence-electron chi connectivity index (χ4n) is 2.31. The summed E-state index contributed by atoms with van der Waals surface area (Å²) in [6.07, 6.45) is 4.86. The van der Waals surface area contributed by atoms with E-state index in [0.717, 1.165) is 44.1 Å². The molecule has 1 heterocycles. The summed E-state index contributed by atoms with van der Waals surface area (Å²) in [5.41, 5.74) is 1.17. The summed E-state index contributed by atoms with van der Waals surface area (Å²) < 4.78 is 5.80. The van der Waals surface area contributed by atoms with Crippen LogP contribution in [-0.4, -0.2) is 37.7 Å². The van der Waals surface area contributed by atoms with Crippen molar-refractivity contribution in [2.75, 3.05) is 26.7 Å². The molecular weight excluding hydrogens is 459 g/mol. The number of benzene rings is 1. The first-order valence-electron chi connectivity index (χ1n) is 8.79. The van der Waals surface area contributed by atoms with Crippen LogP contribution in [0.4, 0.5) is 0 Å². The molecule has 0 bridgehead atoms. The van der Waals surface area contributed by atoms with Gasteiger partial charge >= 0.3 is 0 Å². The summed E-state index contributed by atoms with van der Waals surface area (Å²) in [5.74, 6) is 1.78. The molecule has 0 unspecified atom stereocenters. The number of halogens is 1. The van der Waals surface area contributed by atoms with Gasteiger partial charge in [-0.3, -0.25) is 4.99 Å². The average molecular weight is 488 g/mol. The lowest BCUT2D eigenvalue weighted by Crippen LogP contribution is -2.39. The van der Waals surface area contributed by atoms with E-state index in [1.54, 1.807) is 18.4 Å². The van der Waals surface area contributed by atoms with Gasteiger partial charge in [0.1, 0.15) is 5.75 Å². The van der Waals surface area contributed by atoms with Gasteiger partial charge in [0.15, 0.2) is 5.96 Å². The van der Waals surface area contributed by atoms with Gasteiger partial charge in [0, 0.05) is 37.6 Å². The Labute approximate surface area is 177 Å². The molecule has 0 aliphatic carbocycles. The third-order valence-electron chi connectivity index (χ3n) is 3.77. The van der Waals surface area contributed by atoms with Crippen molar-refractivity contribution < 1.29 is 4.74 Å². The van der Waals surface area contributed by atoms with Crippen molar-refractivity contribution in [3.8, 4) is 5.75 Å². The summed E-state index contributed by atoms with van der Waals surface area (Å²) >= 11 is 1.79. The van der Waals surface area contributed by atoms with Crippen LogP contribution >= 0.6 is 35.3 Å². The minimum Gasteiger partial charge on any atom is -0.493 e. The zero-order valence-electron chi connectivity index (χ0n) is 15.7. The van der Waals surface area contributed by atoms with Gasteiger partial charge in [-0.25, -0.2) is 4.98 Å². The predicted octanol–water partition coefficient (Wildman–Crippen LogP) is 3.81. The van der Waals surface area contributed by atoms with Crippen molar-refractivity contribution in [3.05, 3.63) is 45.9 Å². The molecule has 1 aromatic carbocycles. The smallest absolute Gasteiger partial charge is 0.190 e. The number of thiazole rings is 1. The van der Waals surface area contributed by atoms with Gasteiger partial charge in [-0.2, -0.15) is 0 Å². The lowest BCUT2D eigenvalue weighted by molar-refractivity contribution is 0.309. The van der Waals surface area contributed by atoms with Crippen molar-refractivity contribution >= 4 is 41.3 Å². The molecule has 0 atom stereocenters. The standard InChI is InChI=1S/C19H28N4OS.HI/c1-4-16-14-23-18(25-16)10-12-22-19(20-3)21-11-7-13-24-17-9-6-5-8-15(17)2;/h5-6,8-9,14H,4,7,10-13H2,1-3H3,(H2,20,21,22);1H. The topological polar surface area (TPSA) is 58.5 Å². The summed E-state index contributed by atoms with van der Waals surface area (Å²) in [5, 5.41) is 7.82. The monoisotopic (exact) mass is 488 g/mol. The lowest BCUT2D eigenvalue weighted by Gasteiger charge is -2.12. The number of nitrogens with one attached hydrogen (secondary N) is 2. The SMILES string of the molecule is CCc1cnc(CCNC(=NC)NCCCOc2ccccc2C)s1.I. The number of aliphatic imine (C=N–C) groups is 1. The fraction of sp³-hybridized carbons (Fsp3) is 0.474. The predicted molar refractivity (Wildman–Crippen MR) is 121 cm³/mol. The summed E-state index contributed by atoms with van der Waals surface area (Å²) in [6.45, 7) is 6.56. The molecule has 0 fully saturated rings. The van der Waals surface area contributed by atoms with Crippen molar-refractivity contribution in [2.24, 2.45) is 4.99 Å². The number of guanidine groups is 1. The van der Waals surface area contributed by atoms with Gasteiger partial charge in [-0.1, -0.05) is 25.1 Å². The summed E-state index contributed by atoms with van der Waals surface area (Å²) in [6, 6.07) is 8.09. The van der Waals surface area contributed by atoms with E-state index in [2.05, 4.69) is 40.5 Å². The summed E-state index contributed by atoms with van der Waals surface area (Å²) in [4.78, 5) is 10.0. The van der Waals surface area contributed by atoms with E-state index >= 15 is 0 Å². The van der Waals surface area contributed by atoms with Crippen LogP contribution in [0.25, 0.3) is 0 Å². The third kappa shape index (κ3) is 7.90. The molecular formula is C19H29IN4OS. The fourth-order valence-corrected chi connectivity index (χ4v) is 3.18. The molecule has 7 heteroatoms.